The Bertz CT molecular complexity index is 819. The number of para-hydroxylation sites is 1. The van der Waals surface area contributed by atoms with E-state index in [1.165, 1.54) is 24.9 Å². The van der Waals surface area contributed by atoms with E-state index in [0.29, 0.717) is 12.0 Å². The molecular formula is C24H31N3. The molecule has 2 N–H and O–H groups in total. The maximum Gasteiger partial charge on any atom is 0.0363 e. The van der Waals surface area contributed by atoms with Crippen molar-refractivity contribution < 1.29 is 0 Å². The Labute approximate surface area is 163 Å². The molecule has 3 unspecified atom stereocenters. The van der Waals surface area contributed by atoms with E-state index in [4.69, 9.17) is 0 Å². The Morgan fingerprint density at radius 1 is 1.22 bits per heavy atom. The highest BCUT2D eigenvalue weighted by Crippen LogP contribution is 2.56. The number of rotatable bonds is 4. The van der Waals surface area contributed by atoms with Crippen molar-refractivity contribution in [2.24, 2.45) is 11.3 Å². The lowest BCUT2D eigenvalue weighted by molar-refractivity contribution is 0.113. The van der Waals surface area contributed by atoms with E-state index in [-0.39, 0.29) is 5.41 Å². The second-order valence-electron chi connectivity index (χ2n) is 8.81. The summed E-state index contributed by atoms with van der Waals surface area (Å²) in [4.78, 5) is 2.76. The average molecular weight is 362 g/mol. The Kier molecular flexibility index (Phi) is 4.16. The van der Waals surface area contributed by atoms with E-state index in [1.54, 1.807) is 22.4 Å². The van der Waals surface area contributed by atoms with Crippen LogP contribution in [0, 0.1) is 11.3 Å². The number of allylic oxidation sites excluding steroid dienone is 3. The van der Waals surface area contributed by atoms with Crippen LogP contribution in [-0.4, -0.2) is 37.1 Å². The van der Waals surface area contributed by atoms with Gasteiger partial charge in [0.25, 0.3) is 0 Å². The first kappa shape index (κ1) is 17.1. The van der Waals surface area contributed by atoms with Crippen LogP contribution in [0.15, 0.2) is 64.9 Å². The first-order valence-electron chi connectivity index (χ1n) is 10.6. The molecule has 3 atom stereocenters. The molecule has 2 heterocycles. The Balaban J connectivity index is 1.45. The van der Waals surface area contributed by atoms with Crippen LogP contribution in [0.2, 0.25) is 0 Å². The van der Waals surface area contributed by atoms with Gasteiger partial charge in [0.2, 0.25) is 0 Å². The van der Waals surface area contributed by atoms with Crippen molar-refractivity contribution >= 4 is 5.69 Å². The fourth-order valence-corrected chi connectivity index (χ4v) is 5.91. The van der Waals surface area contributed by atoms with Crippen molar-refractivity contribution in [1.29, 1.82) is 0 Å². The quantitative estimate of drug-likeness (QED) is 0.836. The van der Waals surface area contributed by atoms with Gasteiger partial charge in [-0.15, -0.1) is 0 Å². The zero-order valence-electron chi connectivity index (χ0n) is 16.6. The number of nitrogens with one attached hydrogen (secondary N) is 2. The third-order valence-corrected chi connectivity index (χ3v) is 7.54. The fraction of sp³-hybridized carbons (Fsp3) is 0.500. The Morgan fingerprint density at radius 2 is 2.07 bits per heavy atom. The van der Waals surface area contributed by atoms with E-state index < -0.39 is 0 Å². The zero-order valence-corrected chi connectivity index (χ0v) is 16.6. The molecule has 3 heteroatoms. The van der Waals surface area contributed by atoms with Gasteiger partial charge in [0.15, 0.2) is 0 Å². The van der Waals surface area contributed by atoms with Crippen LogP contribution in [0.4, 0.5) is 5.69 Å². The number of likely N-dealkylation sites (tertiary alicyclic amines) is 1. The van der Waals surface area contributed by atoms with Gasteiger partial charge in [-0.2, -0.15) is 0 Å². The Hall–Kier alpha value is -2.00. The van der Waals surface area contributed by atoms with Gasteiger partial charge in [0.1, 0.15) is 0 Å². The molecular weight excluding hydrogens is 330 g/mol. The number of nitrogens with zero attached hydrogens (tertiary/aromatic N) is 1. The van der Waals surface area contributed by atoms with Crippen LogP contribution in [0.3, 0.4) is 0 Å². The molecule has 1 aromatic carbocycles. The largest absolute Gasteiger partial charge is 0.383 e. The SMILES string of the molecule is CC1C2CC3=C(CCC4=C3C=CCNCC41C)N2CCNc1ccccc1. The summed E-state index contributed by atoms with van der Waals surface area (Å²) in [6, 6.07) is 11.2. The molecule has 2 aliphatic heterocycles. The first-order valence-corrected chi connectivity index (χ1v) is 10.6. The molecule has 5 bridgehead atoms. The highest BCUT2D eigenvalue weighted by Gasteiger charge is 2.50. The molecule has 0 fully saturated rings. The van der Waals surface area contributed by atoms with Crippen molar-refractivity contribution in [2.45, 2.75) is 39.2 Å². The number of benzene rings is 1. The van der Waals surface area contributed by atoms with Crippen molar-refractivity contribution in [3.05, 3.63) is 64.9 Å². The van der Waals surface area contributed by atoms with Crippen molar-refractivity contribution in [1.82, 2.24) is 10.2 Å². The minimum Gasteiger partial charge on any atom is -0.383 e. The topological polar surface area (TPSA) is 27.3 Å². The third kappa shape index (κ3) is 2.67. The van der Waals surface area contributed by atoms with Gasteiger partial charge in [-0.05, 0) is 48.5 Å². The summed E-state index contributed by atoms with van der Waals surface area (Å²) in [5, 5.41) is 7.31. The van der Waals surface area contributed by atoms with E-state index in [1.807, 2.05) is 0 Å². The summed E-state index contributed by atoms with van der Waals surface area (Å²) in [5.41, 5.74) is 8.11. The minimum absolute atomic E-state index is 0.267. The van der Waals surface area contributed by atoms with Crippen molar-refractivity contribution in [2.75, 3.05) is 31.5 Å². The predicted molar refractivity (Wildman–Crippen MR) is 113 cm³/mol. The lowest BCUT2D eigenvalue weighted by Crippen LogP contribution is -2.50. The fourth-order valence-electron chi connectivity index (χ4n) is 5.91. The molecule has 3 nitrogen and oxygen atoms in total. The van der Waals surface area contributed by atoms with Crippen molar-refractivity contribution in [3.8, 4) is 0 Å². The van der Waals surface area contributed by atoms with Gasteiger partial charge in [0.05, 0.1) is 0 Å². The summed E-state index contributed by atoms with van der Waals surface area (Å²) >= 11 is 0. The molecule has 0 radical (unpaired) electrons. The summed E-state index contributed by atoms with van der Waals surface area (Å²) in [7, 11) is 0. The van der Waals surface area contributed by atoms with Gasteiger partial charge < -0.3 is 15.5 Å². The predicted octanol–water partition coefficient (Wildman–Crippen LogP) is 4.33. The first-order chi connectivity index (χ1) is 13.2. The number of hydrogen-bond donors (Lipinski definition) is 2. The summed E-state index contributed by atoms with van der Waals surface area (Å²) < 4.78 is 0. The van der Waals surface area contributed by atoms with Gasteiger partial charge in [0, 0.05) is 49.0 Å². The molecule has 1 aromatic rings. The molecule has 0 saturated carbocycles. The third-order valence-electron chi connectivity index (χ3n) is 7.54. The van der Waals surface area contributed by atoms with E-state index in [0.717, 1.165) is 26.2 Å². The second kappa shape index (κ2) is 6.56. The molecule has 27 heavy (non-hydrogen) atoms. The van der Waals surface area contributed by atoms with Gasteiger partial charge in [-0.3, -0.25) is 0 Å². The summed E-state index contributed by atoms with van der Waals surface area (Å²) in [6.45, 7) is 9.22. The lowest BCUT2D eigenvalue weighted by atomic mass is 9.65. The molecule has 5 rings (SSSR count). The molecule has 2 aliphatic carbocycles. The molecule has 142 valence electrons. The van der Waals surface area contributed by atoms with E-state index in [9.17, 15) is 0 Å². The summed E-state index contributed by atoms with van der Waals surface area (Å²) in [5.74, 6) is 0.661. The highest BCUT2D eigenvalue weighted by molar-refractivity contribution is 5.55. The standard InChI is InChI=1S/C24H31N3/c1-17-23-15-20-19-9-6-12-25-16-24(17,2)21(19)10-11-22(20)27(23)14-13-26-18-7-4-3-5-8-18/h3-9,17,23,25-26H,10-16H2,1-2H3. The zero-order chi connectivity index (χ0) is 18.4. The van der Waals surface area contributed by atoms with Gasteiger partial charge in [-0.25, -0.2) is 0 Å². The van der Waals surface area contributed by atoms with Crippen LogP contribution in [0.5, 0.6) is 0 Å². The van der Waals surface area contributed by atoms with Crippen LogP contribution in [0.25, 0.3) is 0 Å². The minimum atomic E-state index is 0.267. The van der Waals surface area contributed by atoms with Crippen LogP contribution in [0.1, 0.15) is 33.1 Å². The molecule has 4 aliphatic rings. The summed E-state index contributed by atoms with van der Waals surface area (Å²) in [6.07, 6.45) is 8.45. The monoisotopic (exact) mass is 361 g/mol. The number of anilines is 1. The van der Waals surface area contributed by atoms with Crippen LogP contribution < -0.4 is 10.6 Å². The molecule has 0 aromatic heterocycles. The molecule has 0 amide bonds. The Morgan fingerprint density at radius 3 is 2.93 bits per heavy atom. The maximum atomic E-state index is 3.69. The van der Waals surface area contributed by atoms with Crippen LogP contribution in [-0.2, 0) is 0 Å². The van der Waals surface area contributed by atoms with E-state index in [2.05, 4.69) is 71.9 Å². The highest BCUT2D eigenvalue weighted by atomic mass is 15.2. The molecule has 0 spiro atoms. The molecule has 0 saturated heterocycles. The number of fused-ring (bicyclic) bond motifs is 1. The van der Waals surface area contributed by atoms with Crippen molar-refractivity contribution in [3.63, 3.8) is 0 Å². The lowest BCUT2D eigenvalue weighted by Gasteiger charge is -2.48. The van der Waals surface area contributed by atoms with Gasteiger partial charge in [-0.1, -0.05) is 49.8 Å². The normalized spacial score (nSPS) is 31.9. The van der Waals surface area contributed by atoms with Crippen LogP contribution >= 0.6 is 0 Å². The number of hydrogen-bond acceptors (Lipinski definition) is 3. The van der Waals surface area contributed by atoms with E-state index >= 15 is 0 Å². The smallest absolute Gasteiger partial charge is 0.0363 e. The average Bonchev–Trinajstić information content (AvgIpc) is 3.02. The van der Waals surface area contributed by atoms with Gasteiger partial charge >= 0.3 is 0 Å². The second-order valence-corrected chi connectivity index (χ2v) is 8.81. The maximum absolute atomic E-state index is 3.69.